The predicted octanol–water partition coefficient (Wildman–Crippen LogP) is 2.45. The standard InChI is InChI=1S/C17H16FN3O2/c1-23-15-6-5-12(18)10-14(15)17(22)19-8-7-13-11-21-9-3-2-4-16(21)20-13/h2-6,9-11H,7-8H2,1H3,(H,19,22). The molecule has 0 atom stereocenters. The molecule has 3 aromatic rings. The molecule has 0 radical (unpaired) electrons. The van der Waals surface area contributed by atoms with Crippen LogP contribution >= 0.6 is 0 Å². The smallest absolute Gasteiger partial charge is 0.255 e. The highest BCUT2D eigenvalue weighted by molar-refractivity contribution is 5.96. The van der Waals surface area contributed by atoms with E-state index in [1.54, 1.807) is 0 Å². The third kappa shape index (κ3) is 3.31. The molecule has 1 amide bonds. The van der Waals surface area contributed by atoms with Crippen molar-refractivity contribution in [1.82, 2.24) is 14.7 Å². The van der Waals surface area contributed by atoms with E-state index in [-0.39, 0.29) is 11.5 Å². The van der Waals surface area contributed by atoms with E-state index in [0.29, 0.717) is 18.7 Å². The zero-order valence-electron chi connectivity index (χ0n) is 12.6. The Morgan fingerprint density at radius 1 is 1.35 bits per heavy atom. The van der Waals surface area contributed by atoms with Crippen molar-refractivity contribution < 1.29 is 13.9 Å². The lowest BCUT2D eigenvalue weighted by atomic mass is 10.1. The van der Waals surface area contributed by atoms with E-state index >= 15 is 0 Å². The number of amides is 1. The van der Waals surface area contributed by atoms with E-state index in [0.717, 1.165) is 11.3 Å². The van der Waals surface area contributed by atoms with Crippen LogP contribution in [-0.2, 0) is 6.42 Å². The van der Waals surface area contributed by atoms with Gasteiger partial charge >= 0.3 is 0 Å². The molecule has 6 heteroatoms. The minimum absolute atomic E-state index is 0.183. The fourth-order valence-corrected chi connectivity index (χ4v) is 2.36. The van der Waals surface area contributed by atoms with Gasteiger partial charge < -0.3 is 14.5 Å². The Balaban J connectivity index is 1.64. The largest absolute Gasteiger partial charge is 0.496 e. The maximum atomic E-state index is 13.3. The lowest BCUT2D eigenvalue weighted by Crippen LogP contribution is -2.26. The number of imidazole rings is 1. The Labute approximate surface area is 132 Å². The van der Waals surface area contributed by atoms with Crippen LogP contribution < -0.4 is 10.1 Å². The molecule has 0 spiro atoms. The van der Waals surface area contributed by atoms with E-state index in [4.69, 9.17) is 4.74 Å². The van der Waals surface area contributed by atoms with Crippen molar-refractivity contribution in [3.05, 3.63) is 65.9 Å². The van der Waals surface area contributed by atoms with Crippen LogP contribution in [0.2, 0.25) is 0 Å². The topological polar surface area (TPSA) is 55.6 Å². The summed E-state index contributed by atoms with van der Waals surface area (Å²) in [6.45, 7) is 0.405. The number of pyridine rings is 1. The van der Waals surface area contributed by atoms with Crippen molar-refractivity contribution in [2.45, 2.75) is 6.42 Å². The van der Waals surface area contributed by atoms with E-state index in [1.807, 2.05) is 35.0 Å². The zero-order chi connectivity index (χ0) is 16.2. The fraction of sp³-hybridized carbons (Fsp3) is 0.176. The molecular weight excluding hydrogens is 297 g/mol. The summed E-state index contributed by atoms with van der Waals surface area (Å²) in [5.74, 6) is -0.502. The highest BCUT2D eigenvalue weighted by Crippen LogP contribution is 2.19. The van der Waals surface area contributed by atoms with Crippen molar-refractivity contribution >= 4 is 11.6 Å². The van der Waals surface area contributed by atoms with Crippen LogP contribution in [0.25, 0.3) is 5.65 Å². The van der Waals surface area contributed by atoms with Crippen LogP contribution in [0.15, 0.2) is 48.8 Å². The van der Waals surface area contributed by atoms with Gasteiger partial charge in [0, 0.05) is 25.4 Å². The second kappa shape index (κ2) is 6.48. The molecule has 0 aliphatic heterocycles. The Bertz CT molecular complexity index is 812. The van der Waals surface area contributed by atoms with Gasteiger partial charge in [-0.05, 0) is 30.3 Å². The van der Waals surface area contributed by atoms with Crippen LogP contribution in [0, 0.1) is 5.82 Å². The summed E-state index contributed by atoms with van der Waals surface area (Å²) in [4.78, 5) is 16.6. The lowest BCUT2D eigenvalue weighted by Gasteiger charge is -2.08. The lowest BCUT2D eigenvalue weighted by molar-refractivity contribution is 0.0950. The van der Waals surface area contributed by atoms with Crippen LogP contribution in [-0.4, -0.2) is 28.9 Å². The molecule has 0 fully saturated rings. The average molecular weight is 313 g/mol. The van der Waals surface area contributed by atoms with Gasteiger partial charge in [0.05, 0.1) is 18.4 Å². The highest BCUT2D eigenvalue weighted by atomic mass is 19.1. The minimum Gasteiger partial charge on any atom is -0.496 e. The van der Waals surface area contributed by atoms with Gasteiger partial charge in [0.2, 0.25) is 0 Å². The van der Waals surface area contributed by atoms with Crippen molar-refractivity contribution in [2.75, 3.05) is 13.7 Å². The van der Waals surface area contributed by atoms with Crippen LogP contribution in [0.1, 0.15) is 16.1 Å². The summed E-state index contributed by atoms with van der Waals surface area (Å²) >= 11 is 0. The molecule has 0 unspecified atom stereocenters. The van der Waals surface area contributed by atoms with Gasteiger partial charge in [-0.15, -0.1) is 0 Å². The fourth-order valence-electron chi connectivity index (χ4n) is 2.36. The summed E-state index contributed by atoms with van der Waals surface area (Å²) in [7, 11) is 1.45. The van der Waals surface area contributed by atoms with Gasteiger partial charge in [-0.1, -0.05) is 6.07 Å². The number of hydrogen-bond donors (Lipinski definition) is 1. The number of ether oxygens (including phenoxy) is 1. The molecule has 5 nitrogen and oxygen atoms in total. The number of fused-ring (bicyclic) bond motifs is 1. The number of benzene rings is 1. The molecule has 0 aliphatic rings. The number of rotatable bonds is 5. The highest BCUT2D eigenvalue weighted by Gasteiger charge is 2.13. The third-order valence-electron chi connectivity index (χ3n) is 3.49. The van der Waals surface area contributed by atoms with Gasteiger partial charge in [-0.25, -0.2) is 9.37 Å². The van der Waals surface area contributed by atoms with E-state index in [9.17, 15) is 9.18 Å². The predicted molar refractivity (Wildman–Crippen MR) is 84.2 cm³/mol. The minimum atomic E-state index is -0.476. The maximum Gasteiger partial charge on any atom is 0.255 e. The van der Waals surface area contributed by atoms with Gasteiger partial charge in [0.25, 0.3) is 5.91 Å². The molecule has 118 valence electrons. The monoisotopic (exact) mass is 313 g/mol. The number of nitrogens with one attached hydrogen (secondary N) is 1. The molecule has 2 aromatic heterocycles. The number of halogens is 1. The zero-order valence-corrected chi connectivity index (χ0v) is 12.6. The number of carbonyl (C=O) groups is 1. The number of nitrogens with zero attached hydrogens (tertiary/aromatic N) is 2. The van der Waals surface area contributed by atoms with Gasteiger partial charge in [0.1, 0.15) is 17.2 Å². The molecule has 1 N–H and O–H groups in total. The Morgan fingerprint density at radius 2 is 2.22 bits per heavy atom. The quantitative estimate of drug-likeness (QED) is 0.787. The summed E-state index contributed by atoms with van der Waals surface area (Å²) in [6, 6.07) is 9.62. The Morgan fingerprint density at radius 3 is 3.00 bits per heavy atom. The molecule has 3 rings (SSSR count). The van der Waals surface area contributed by atoms with Crippen LogP contribution in [0.4, 0.5) is 4.39 Å². The second-order valence-electron chi connectivity index (χ2n) is 5.05. The van der Waals surface area contributed by atoms with Gasteiger partial charge in [-0.2, -0.15) is 0 Å². The molecule has 0 saturated heterocycles. The van der Waals surface area contributed by atoms with Crippen LogP contribution in [0.5, 0.6) is 5.75 Å². The average Bonchev–Trinajstić information content (AvgIpc) is 2.97. The Hall–Kier alpha value is -2.89. The second-order valence-corrected chi connectivity index (χ2v) is 5.05. The summed E-state index contributed by atoms with van der Waals surface area (Å²) < 4.78 is 20.3. The normalized spacial score (nSPS) is 10.7. The SMILES string of the molecule is COc1ccc(F)cc1C(=O)NCCc1cn2ccccc2n1. The molecule has 23 heavy (non-hydrogen) atoms. The maximum absolute atomic E-state index is 13.3. The van der Waals surface area contributed by atoms with Crippen molar-refractivity contribution in [3.63, 3.8) is 0 Å². The molecule has 2 heterocycles. The molecule has 0 aliphatic carbocycles. The number of aromatic nitrogens is 2. The first-order valence-electron chi connectivity index (χ1n) is 7.22. The van der Waals surface area contributed by atoms with Crippen molar-refractivity contribution in [2.24, 2.45) is 0 Å². The van der Waals surface area contributed by atoms with E-state index < -0.39 is 5.82 Å². The molecule has 0 bridgehead atoms. The van der Waals surface area contributed by atoms with Gasteiger partial charge in [-0.3, -0.25) is 4.79 Å². The van der Waals surface area contributed by atoms with Crippen molar-refractivity contribution in [3.8, 4) is 5.75 Å². The molecule has 1 aromatic carbocycles. The molecule has 0 saturated carbocycles. The van der Waals surface area contributed by atoms with E-state index in [2.05, 4.69) is 10.3 Å². The van der Waals surface area contributed by atoms with E-state index in [1.165, 1.54) is 25.3 Å². The summed E-state index contributed by atoms with van der Waals surface area (Å²) in [6.07, 6.45) is 4.43. The van der Waals surface area contributed by atoms with Crippen LogP contribution in [0.3, 0.4) is 0 Å². The van der Waals surface area contributed by atoms with Crippen molar-refractivity contribution in [1.29, 1.82) is 0 Å². The van der Waals surface area contributed by atoms with Gasteiger partial charge in [0.15, 0.2) is 0 Å². The summed E-state index contributed by atoms with van der Waals surface area (Å²) in [5, 5.41) is 2.76. The summed E-state index contributed by atoms with van der Waals surface area (Å²) in [5.41, 5.74) is 1.92. The third-order valence-corrected chi connectivity index (χ3v) is 3.49. The number of carbonyl (C=O) groups excluding carboxylic acids is 1. The number of hydrogen-bond acceptors (Lipinski definition) is 3. The first-order chi connectivity index (χ1) is 11.2. The Kier molecular flexibility index (Phi) is 4.23. The first-order valence-corrected chi connectivity index (χ1v) is 7.22. The number of methoxy groups -OCH3 is 1. The molecular formula is C17H16FN3O2. The first kappa shape index (κ1) is 15.0.